The number of hydrogen-bond donors (Lipinski definition) is 2. The van der Waals surface area contributed by atoms with Crippen molar-refractivity contribution in [3.05, 3.63) is 48.8 Å². The van der Waals surface area contributed by atoms with Gasteiger partial charge in [-0.1, -0.05) is 26.0 Å². The van der Waals surface area contributed by atoms with Crippen LogP contribution in [-0.4, -0.2) is 32.0 Å². The predicted molar refractivity (Wildman–Crippen MR) is 114 cm³/mol. The van der Waals surface area contributed by atoms with Crippen molar-refractivity contribution in [2.24, 2.45) is 13.0 Å². The molecule has 1 aromatic carbocycles. The highest BCUT2D eigenvalue weighted by Crippen LogP contribution is 2.35. The lowest BCUT2D eigenvalue weighted by Gasteiger charge is -2.20. The number of aromatic hydroxyl groups is 1. The Kier molecular flexibility index (Phi) is 6.66. The molecule has 0 aliphatic carbocycles. The van der Waals surface area contributed by atoms with Gasteiger partial charge in [-0.05, 0) is 31.4 Å². The van der Waals surface area contributed by atoms with Crippen LogP contribution < -0.4 is 14.8 Å². The van der Waals surface area contributed by atoms with Crippen molar-refractivity contribution < 1.29 is 19.4 Å². The van der Waals surface area contributed by atoms with E-state index in [-0.39, 0.29) is 17.7 Å². The van der Waals surface area contributed by atoms with Crippen molar-refractivity contribution in [2.75, 3.05) is 11.9 Å². The lowest BCUT2D eigenvalue weighted by molar-refractivity contribution is -0.119. The summed E-state index contributed by atoms with van der Waals surface area (Å²) in [4.78, 5) is 13.0. The van der Waals surface area contributed by atoms with Gasteiger partial charge >= 0.3 is 0 Å². The van der Waals surface area contributed by atoms with Crippen LogP contribution in [0.4, 0.5) is 5.82 Å². The predicted octanol–water partition coefficient (Wildman–Crippen LogP) is 4.34. The van der Waals surface area contributed by atoms with Crippen LogP contribution in [0.1, 0.15) is 33.2 Å². The molecule has 8 nitrogen and oxygen atoms in total. The maximum absolute atomic E-state index is 13.0. The first-order valence-corrected chi connectivity index (χ1v) is 9.98. The quantitative estimate of drug-likeness (QED) is 0.545. The molecule has 0 saturated carbocycles. The number of aryl methyl sites for hydroxylation is 1. The van der Waals surface area contributed by atoms with E-state index in [1.165, 1.54) is 10.6 Å². The van der Waals surface area contributed by atoms with Crippen LogP contribution in [0.5, 0.6) is 23.1 Å². The molecule has 1 atom stereocenters. The summed E-state index contributed by atoms with van der Waals surface area (Å²) in [5.74, 6) is 1.95. The molecule has 2 heterocycles. The summed E-state index contributed by atoms with van der Waals surface area (Å²) >= 11 is 0. The summed E-state index contributed by atoms with van der Waals surface area (Å²) in [5.41, 5.74) is 0. The largest absolute Gasteiger partial charge is 0.494 e. The second kappa shape index (κ2) is 9.39. The smallest absolute Gasteiger partial charge is 0.248 e. The summed E-state index contributed by atoms with van der Waals surface area (Å²) in [6.45, 7) is 6.46. The van der Waals surface area contributed by atoms with Gasteiger partial charge < -0.3 is 24.5 Å². The Bertz CT molecular complexity index is 993. The summed E-state index contributed by atoms with van der Waals surface area (Å²) in [6.07, 6.45) is 3.92. The van der Waals surface area contributed by atoms with E-state index in [1.807, 2.05) is 39.0 Å². The third-order valence-corrected chi connectivity index (χ3v) is 4.48. The minimum absolute atomic E-state index is 0.0549. The number of nitrogens with one attached hydrogen (secondary N) is 1. The van der Waals surface area contributed by atoms with Crippen LogP contribution >= 0.6 is 0 Å². The Morgan fingerprint density at radius 1 is 1.23 bits per heavy atom. The Morgan fingerprint density at radius 3 is 2.60 bits per heavy atom. The van der Waals surface area contributed by atoms with Crippen LogP contribution in [0.25, 0.3) is 0 Å². The maximum Gasteiger partial charge on any atom is 0.248 e. The van der Waals surface area contributed by atoms with E-state index >= 15 is 0 Å². The minimum Gasteiger partial charge on any atom is -0.494 e. The molecule has 0 bridgehead atoms. The maximum atomic E-state index is 13.0. The number of anilines is 1. The Balaban J connectivity index is 1.84. The van der Waals surface area contributed by atoms with E-state index in [1.54, 1.807) is 36.3 Å². The Labute approximate surface area is 176 Å². The lowest BCUT2D eigenvalue weighted by atomic mass is 10.0. The number of amides is 1. The standard InChI is InChI=1S/C22H28N4O4/c1-5-29-18-8-6-7-9-19(18)30-16-13-21(27)26(14-16)17(12-15(2)3)22(28)23-20-10-11-25(4)24-20/h6-11,13-15,17,27H,5,12H2,1-4H3,(H,23,24,28)/t17-/m0/s1. The van der Waals surface area contributed by atoms with Gasteiger partial charge in [0.2, 0.25) is 5.91 Å². The second-order valence-corrected chi connectivity index (χ2v) is 7.43. The molecule has 30 heavy (non-hydrogen) atoms. The molecule has 8 heteroatoms. The number of para-hydroxylation sites is 2. The highest BCUT2D eigenvalue weighted by atomic mass is 16.5. The van der Waals surface area contributed by atoms with E-state index in [0.29, 0.717) is 36.1 Å². The average Bonchev–Trinajstić information content (AvgIpc) is 3.26. The molecule has 0 aliphatic heterocycles. The number of rotatable bonds is 9. The number of nitrogens with zero attached hydrogens (tertiary/aromatic N) is 3. The lowest BCUT2D eigenvalue weighted by Crippen LogP contribution is -2.27. The zero-order chi connectivity index (χ0) is 21.7. The minimum atomic E-state index is -0.619. The second-order valence-electron chi connectivity index (χ2n) is 7.43. The van der Waals surface area contributed by atoms with Gasteiger partial charge in [-0.2, -0.15) is 5.10 Å². The zero-order valence-electron chi connectivity index (χ0n) is 17.7. The van der Waals surface area contributed by atoms with Crippen molar-refractivity contribution >= 4 is 11.7 Å². The van der Waals surface area contributed by atoms with E-state index in [0.717, 1.165) is 0 Å². The first-order chi connectivity index (χ1) is 14.4. The number of aromatic nitrogens is 3. The van der Waals surface area contributed by atoms with Gasteiger partial charge in [0.25, 0.3) is 0 Å². The molecule has 2 N–H and O–H groups in total. The fourth-order valence-corrected chi connectivity index (χ4v) is 3.17. The van der Waals surface area contributed by atoms with E-state index < -0.39 is 6.04 Å². The Morgan fingerprint density at radius 2 is 1.97 bits per heavy atom. The van der Waals surface area contributed by atoms with Gasteiger partial charge in [-0.25, -0.2) is 0 Å². The van der Waals surface area contributed by atoms with E-state index in [4.69, 9.17) is 9.47 Å². The van der Waals surface area contributed by atoms with Gasteiger partial charge in [-0.3, -0.25) is 9.48 Å². The van der Waals surface area contributed by atoms with Crippen LogP contribution in [0.2, 0.25) is 0 Å². The summed E-state index contributed by atoms with van der Waals surface area (Å²) in [5, 5.41) is 17.5. The van der Waals surface area contributed by atoms with Crippen molar-refractivity contribution in [1.82, 2.24) is 14.3 Å². The fraction of sp³-hybridized carbons (Fsp3) is 0.364. The Hall–Kier alpha value is -3.42. The summed E-state index contributed by atoms with van der Waals surface area (Å²) in [7, 11) is 1.78. The molecule has 3 aromatic rings. The van der Waals surface area contributed by atoms with Crippen LogP contribution in [0.3, 0.4) is 0 Å². The topological polar surface area (TPSA) is 90.5 Å². The van der Waals surface area contributed by atoms with Gasteiger partial charge in [0.15, 0.2) is 23.2 Å². The molecule has 0 fully saturated rings. The van der Waals surface area contributed by atoms with Gasteiger partial charge in [-0.15, -0.1) is 0 Å². The molecule has 0 saturated heterocycles. The van der Waals surface area contributed by atoms with Gasteiger partial charge in [0.05, 0.1) is 12.8 Å². The molecule has 0 spiro atoms. The molecule has 3 rings (SSSR count). The molecular weight excluding hydrogens is 384 g/mol. The molecule has 0 unspecified atom stereocenters. The molecule has 0 aliphatic rings. The summed E-state index contributed by atoms with van der Waals surface area (Å²) < 4.78 is 14.7. The van der Waals surface area contributed by atoms with Gasteiger partial charge in [0.1, 0.15) is 11.8 Å². The number of benzene rings is 1. The number of ether oxygens (including phenoxy) is 2. The average molecular weight is 412 g/mol. The SMILES string of the molecule is CCOc1ccccc1Oc1cc(O)n([C@@H](CC(C)C)C(=O)Nc2ccn(C)n2)c1. The fourth-order valence-electron chi connectivity index (χ4n) is 3.17. The number of carbonyl (C=O) groups excluding carboxylic acids is 1. The van der Waals surface area contributed by atoms with Crippen molar-refractivity contribution in [3.63, 3.8) is 0 Å². The molecular formula is C22H28N4O4. The first kappa shape index (κ1) is 21.3. The number of carbonyl (C=O) groups is 1. The first-order valence-electron chi connectivity index (χ1n) is 9.98. The third kappa shape index (κ3) is 5.14. The summed E-state index contributed by atoms with van der Waals surface area (Å²) in [6, 6.07) is 9.91. The normalized spacial score (nSPS) is 12.0. The molecule has 160 valence electrons. The van der Waals surface area contributed by atoms with Crippen LogP contribution in [0.15, 0.2) is 48.8 Å². The van der Waals surface area contributed by atoms with E-state index in [9.17, 15) is 9.90 Å². The van der Waals surface area contributed by atoms with Crippen LogP contribution in [0, 0.1) is 5.92 Å². The van der Waals surface area contributed by atoms with Crippen molar-refractivity contribution in [3.8, 4) is 23.1 Å². The third-order valence-electron chi connectivity index (χ3n) is 4.48. The number of hydrogen-bond acceptors (Lipinski definition) is 5. The van der Waals surface area contributed by atoms with Crippen LogP contribution in [-0.2, 0) is 11.8 Å². The monoisotopic (exact) mass is 412 g/mol. The molecule has 2 aromatic heterocycles. The highest BCUT2D eigenvalue weighted by Gasteiger charge is 2.25. The van der Waals surface area contributed by atoms with E-state index in [2.05, 4.69) is 10.4 Å². The van der Waals surface area contributed by atoms with Crippen molar-refractivity contribution in [1.29, 1.82) is 0 Å². The molecule has 1 amide bonds. The van der Waals surface area contributed by atoms with Crippen molar-refractivity contribution in [2.45, 2.75) is 33.2 Å². The molecule has 0 radical (unpaired) electrons. The zero-order valence-corrected chi connectivity index (χ0v) is 17.7. The highest BCUT2D eigenvalue weighted by molar-refractivity contribution is 5.93. The van der Waals surface area contributed by atoms with Gasteiger partial charge in [0, 0.05) is 25.4 Å².